The summed E-state index contributed by atoms with van der Waals surface area (Å²) in [5.41, 5.74) is 3.76. The maximum atomic E-state index is 10.6. The van der Waals surface area contributed by atoms with Crippen molar-refractivity contribution >= 4 is 11.6 Å². The number of hydrogen-bond donors (Lipinski definition) is 1. The van der Waals surface area contributed by atoms with Crippen LogP contribution in [0.3, 0.4) is 0 Å². The first-order valence-electron chi connectivity index (χ1n) is 7.98. The van der Waals surface area contributed by atoms with Crippen LogP contribution >= 0.6 is 0 Å². The van der Waals surface area contributed by atoms with Gasteiger partial charge >= 0.3 is 0 Å². The summed E-state index contributed by atoms with van der Waals surface area (Å²) < 4.78 is 21.4. The average Bonchev–Trinajstić information content (AvgIpc) is 2.65. The molecule has 0 aliphatic heterocycles. The molecule has 0 saturated heterocycles. The Morgan fingerprint density at radius 3 is 2.04 bits per heavy atom. The van der Waals surface area contributed by atoms with E-state index in [1.165, 1.54) is 0 Å². The maximum absolute atomic E-state index is 10.6. The first kappa shape index (κ1) is 17.2. The lowest BCUT2D eigenvalue weighted by Gasteiger charge is -2.24. The SMILES string of the molecule is COc1ccc(C2=Cc3cc(OC)c(OC)cc3CC2O)cc1OC. The van der Waals surface area contributed by atoms with E-state index in [1.54, 1.807) is 28.4 Å². The summed E-state index contributed by atoms with van der Waals surface area (Å²) in [7, 11) is 6.41. The molecule has 1 aliphatic rings. The summed E-state index contributed by atoms with van der Waals surface area (Å²) in [4.78, 5) is 0. The number of hydrogen-bond acceptors (Lipinski definition) is 5. The molecule has 1 unspecified atom stereocenters. The number of benzene rings is 2. The van der Waals surface area contributed by atoms with E-state index in [0.717, 1.165) is 22.3 Å². The highest BCUT2D eigenvalue weighted by molar-refractivity contribution is 5.88. The molecule has 5 nitrogen and oxygen atoms in total. The van der Waals surface area contributed by atoms with Crippen LogP contribution in [0.2, 0.25) is 0 Å². The quantitative estimate of drug-likeness (QED) is 0.904. The fourth-order valence-electron chi connectivity index (χ4n) is 3.12. The van der Waals surface area contributed by atoms with E-state index in [1.807, 2.05) is 36.4 Å². The fraction of sp³-hybridized carbons (Fsp3) is 0.300. The predicted molar refractivity (Wildman–Crippen MR) is 96.7 cm³/mol. The minimum absolute atomic E-state index is 0.510. The Hall–Kier alpha value is -2.66. The van der Waals surface area contributed by atoms with Crippen LogP contribution in [0.25, 0.3) is 11.6 Å². The highest BCUT2D eigenvalue weighted by Gasteiger charge is 2.23. The van der Waals surface area contributed by atoms with Gasteiger partial charge in [0.25, 0.3) is 0 Å². The van der Waals surface area contributed by atoms with Gasteiger partial charge in [0.1, 0.15) is 0 Å². The zero-order valence-electron chi connectivity index (χ0n) is 14.8. The number of ether oxygens (including phenoxy) is 4. The topological polar surface area (TPSA) is 57.2 Å². The van der Waals surface area contributed by atoms with Crippen molar-refractivity contribution in [2.75, 3.05) is 28.4 Å². The van der Waals surface area contributed by atoms with E-state index in [4.69, 9.17) is 18.9 Å². The van der Waals surface area contributed by atoms with Gasteiger partial charge in [-0.05, 0) is 52.6 Å². The van der Waals surface area contributed by atoms with Gasteiger partial charge in [-0.15, -0.1) is 0 Å². The summed E-state index contributed by atoms with van der Waals surface area (Å²) in [6, 6.07) is 9.48. The van der Waals surface area contributed by atoms with Gasteiger partial charge in [0.15, 0.2) is 23.0 Å². The van der Waals surface area contributed by atoms with Crippen molar-refractivity contribution in [3.8, 4) is 23.0 Å². The molecule has 0 aromatic heterocycles. The summed E-state index contributed by atoms with van der Waals surface area (Å²) in [6.07, 6.45) is 1.88. The summed E-state index contributed by atoms with van der Waals surface area (Å²) in [5.74, 6) is 2.62. The lowest BCUT2D eigenvalue weighted by molar-refractivity contribution is 0.232. The van der Waals surface area contributed by atoms with Crippen molar-refractivity contribution in [1.82, 2.24) is 0 Å². The predicted octanol–water partition coefficient (Wildman–Crippen LogP) is 3.18. The van der Waals surface area contributed by atoms with Crippen molar-refractivity contribution in [3.63, 3.8) is 0 Å². The second-order valence-electron chi connectivity index (χ2n) is 5.80. The number of methoxy groups -OCH3 is 4. The van der Waals surface area contributed by atoms with E-state index in [0.29, 0.717) is 29.4 Å². The Balaban J connectivity index is 2.07. The highest BCUT2D eigenvalue weighted by Crippen LogP contribution is 2.39. The fourth-order valence-corrected chi connectivity index (χ4v) is 3.12. The van der Waals surface area contributed by atoms with Crippen LogP contribution in [0, 0.1) is 0 Å². The molecule has 0 bridgehead atoms. The average molecular weight is 342 g/mol. The molecule has 2 aromatic carbocycles. The van der Waals surface area contributed by atoms with Crippen LogP contribution < -0.4 is 18.9 Å². The normalized spacial score (nSPS) is 15.9. The van der Waals surface area contributed by atoms with E-state index in [2.05, 4.69) is 0 Å². The van der Waals surface area contributed by atoms with E-state index >= 15 is 0 Å². The van der Waals surface area contributed by atoms with Gasteiger partial charge in [-0.3, -0.25) is 0 Å². The molecule has 1 atom stereocenters. The van der Waals surface area contributed by atoms with E-state index in [-0.39, 0.29) is 0 Å². The first-order valence-corrected chi connectivity index (χ1v) is 7.98. The molecule has 132 valence electrons. The second kappa shape index (κ2) is 7.07. The molecule has 0 heterocycles. The molecule has 1 N–H and O–H groups in total. The van der Waals surface area contributed by atoms with Crippen molar-refractivity contribution in [2.45, 2.75) is 12.5 Å². The minimum atomic E-state index is -0.608. The molecule has 0 radical (unpaired) electrons. The van der Waals surface area contributed by atoms with Gasteiger partial charge in [-0.25, -0.2) is 0 Å². The molecule has 1 aliphatic carbocycles. The maximum Gasteiger partial charge on any atom is 0.161 e. The van der Waals surface area contributed by atoms with E-state index < -0.39 is 6.10 Å². The lowest BCUT2D eigenvalue weighted by atomic mass is 9.86. The molecule has 25 heavy (non-hydrogen) atoms. The molecule has 2 aromatic rings. The number of fused-ring (bicyclic) bond motifs is 1. The molecule has 0 fully saturated rings. The van der Waals surface area contributed by atoms with Crippen LogP contribution in [-0.2, 0) is 6.42 Å². The van der Waals surface area contributed by atoms with Gasteiger partial charge in [-0.2, -0.15) is 0 Å². The number of aliphatic hydroxyl groups is 1. The largest absolute Gasteiger partial charge is 0.493 e. The van der Waals surface area contributed by atoms with Crippen LogP contribution in [0.1, 0.15) is 16.7 Å². The summed E-state index contributed by atoms with van der Waals surface area (Å²) >= 11 is 0. The van der Waals surface area contributed by atoms with Gasteiger partial charge in [0, 0.05) is 6.42 Å². The minimum Gasteiger partial charge on any atom is -0.493 e. The smallest absolute Gasteiger partial charge is 0.161 e. The van der Waals surface area contributed by atoms with Crippen LogP contribution in [0.15, 0.2) is 30.3 Å². The van der Waals surface area contributed by atoms with Crippen LogP contribution in [0.4, 0.5) is 0 Å². The third kappa shape index (κ3) is 3.15. The molecule has 5 heteroatoms. The van der Waals surface area contributed by atoms with Crippen LogP contribution in [0.5, 0.6) is 23.0 Å². The van der Waals surface area contributed by atoms with Crippen molar-refractivity contribution < 1.29 is 24.1 Å². The summed E-state index contributed by atoms with van der Waals surface area (Å²) in [5, 5.41) is 10.6. The van der Waals surface area contributed by atoms with Gasteiger partial charge in [0.05, 0.1) is 34.5 Å². The highest BCUT2D eigenvalue weighted by atomic mass is 16.5. The lowest BCUT2D eigenvalue weighted by Crippen LogP contribution is -2.17. The van der Waals surface area contributed by atoms with E-state index in [9.17, 15) is 5.11 Å². The zero-order valence-corrected chi connectivity index (χ0v) is 14.8. The second-order valence-corrected chi connectivity index (χ2v) is 5.80. The molecule has 0 amide bonds. The molecule has 3 rings (SSSR count). The number of aliphatic hydroxyl groups excluding tert-OH is 1. The summed E-state index contributed by atoms with van der Waals surface area (Å²) in [6.45, 7) is 0. The number of rotatable bonds is 5. The third-order valence-corrected chi connectivity index (χ3v) is 4.45. The molecular formula is C20H22O5. The van der Waals surface area contributed by atoms with Gasteiger partial charge in [-0.1, -0.05) is 6.07 Å². The van der Waals surface area contributed by atoms with Crippen molar-refractivity contribution in [3.05, 3.63) is 47.0 Å². The third-order valence-electron chi connectivity index (χ3n) is 4.45. The Morgan fingerprint density at radius 1 is 0.800 bits per heavy atom. The van der Waals surface area contributed by atoms with Gasteiger partial charge < -0.3 is 24.1 Å². The first-order chi connectivity index (χ1) is 12.1. The zero-order chi connectivity index (χ0) is 18.0. The molecular weight excluding hydrogens is 320 g/mol. The van der Waals surface area contributed by atoms with Crippen molar-refractivity contribution in [1.29, 1.82) is 0 Å². The van der Waals surface area contributed by atoms with Crippen LogP contribution in [-0.4, -0.2) is 39.6 Å². The molecule has 0 saturated carbocycles. The Labute approximate surface area is 147 Å². The standard InChI is InChI=1S/C20H22O5/c1-22-17-6-5-12(9-18(17)23-2)15-7-13-10-19(24-3)20(25-4)11-14(13)8-16(15)21/h5-7,9-11,16,21H,8H2,1-4H3. The Kier molecular flexibility index (Phi) is 4.86. The Bertz CT molecular complexity index is 810. The molecule has 0 spiro atoms. The van der Waals surface area contributed by atoms with Crippen molar-refractivity contribution in [2.24, 2.45) is 0 Å². The Morgan fingerprint density at radius 2 is 1.40 bits per heavy atom. The monoisotopic (exact) mass is 342 g/mol. The van der Waals surface area contributed by atoms with Gasteiger partial charge in [0.2, 0.25) is 0 Å².